The Hall–Kier alpha value is -2.95. The minimum atomic E-state index is -0.341. The second kappa shape index (κ2) is 10.8. The molecule has 0 bridgehead atoms. The van der Waals surface area contributed by atoms with Crippen LogP contribution in [0.2, 0.25) is 0 Å². The smallest absolute Gasteiger partial charge is 0.291 e. The molecule has 1 amide bonds. The number of carbonyl (C=O) groups excluding carboxylic acids is 1. The molecule has 1 aliphatic heterocycles. The predicted molar refractivity (Wildman–Crippen MR) is 145 cm³/mol. The van der Waals surface area contributed by atoms with E-state index < -0.39 is 0 Å². The number of rotatable bonds is 8. The van der Waals surface area contributed by atoms with Gasteiger partial charge in [-0.15, -0.1) is 0 Å². The van der Waals surface area contributed by atoms with E-state index in [1.165, 1.54) is 37.7 Å². The Labute approximate surface area is 220 Å². The van der Waals surface area contributed by atoms with Crippen molar-refractivity contribution in [3.8, 4) is 6.07 Å². The van der Waals surface area contributed by atoms with Crippen LogP contribution in [0.15, 0.2) is 30.5 Å². The predicted octanol–water partition coefficient (Wildman–Crippen LogP) is 6.01. The number of benzene rings is 1. The van der Waals surface area contributed by atoms with Gasteiger partial charge in [-0.1, -0.05) is 44.9 Å². The lowest BCUT2D eigenvalue weighted by Crippen LogP contribution is -2.32. The zero-order valence-corrected chi connectivity index (χ0v) is 22.2. The zero-order chi connectivity index (χ0) is 25.9. The van der Waals surface area contributed by atoms with E-state index in [2.05, 4.69) is 58.3 Å². The van der Waals surface area contributed by atoms with E-state index in [1.807, 2.05) is 6.07 Å². The van der Waals surface area contributed by atoms with Gasteiger partial charge < -0.3 is 19.9 Å². The molecule has 1 aromatic heterocycles. The van der Waals surface area contributed by atoms with Gasteiger partial charge in [0.25, 0.3) is 5.91 Å². The minimum Gasteiger partial charge on any atom is -0.369 e. The van der Waals surface area contributed by atoms with Gasteiger partial charge >= 0.3 is 0 Å². The lowest BCUT2D eigenvalue weighted by molar-refractivity contribution is -0.0516. The number of nitriles is 1. The molecule has 2 N–H and O–H groups in total. The first-order valence-corrected chi connectivity index (χ1v) is 13.8. The van der Waals surface area contributed by atoms with E-state index in [-0.39, 0.29) is 23.0 Å². The summed E-state index contributed by atoms with van der Waals surface area (Å²) in [6, 6.07) is 8.51. The maximum Gasteiger partial charge on any atom is 0.291 e. The van der Waals surface area contributed by atoms with Crippen molar-refractivity contribution in [3.63, 3.8) is 0 Å². The molecule has 7 nitrogen and oxygen atoms in total. The number of allylic oxidation sites excluding steroid dienone is 2. The first-order valence-electron chi connectivity index (χ1n) is 13.8. The highest BCUT2D eigenvalue weighted by Gasteiger charge is 2.37. The maximum atomic E-state index is 13.1. The van der Waals surface area contributed by atoms with E-state index in [9.17, 15) is 4.79 Å². The Balaban J connectivity index is 1.44. The van der Waals surface area contributed by atoms with Crippen molar-refractivity contribution < 1.29 is 9.53 Å². The molecule has 0 atom stereocenters. The fraction of sp³-hybridized carbons (Fsp3) is 0.567. The van der Waals surface area contributed by atoms with Crippen molar-refractivity contribution in [3.05, 3.63) is 53.1 Å². The van der Waals surface area contributed by atoms with Gasteiger partial charge in [0.1, 0.15) is 11.8 Å². The van der Waals surface area contributed by atoms with Crippen molar-refractivity contribution in [1.29, 1.82) is 5.26 Å². The number of amides is 1. The second-order valence-corrected chi connectivity index (χ2v) is 11.7. The topological polar surface area (TPSA) is 94.0 Å². The molecule has 5 rings (SSSR count). The average molecular weight is 502 g/mol. The number of nitrogens with one attached hydrogen (secondary N) is 2. The number of hydrogen-bond acceptors (Lipinski definition) is 5. The van der Waals surface area contributed by atoms with Crippen LogP contribution in [-0.2, 0) is 10.3 Å². The van der Waals surface area contributed by atoms with E-state index in [0.29, 0.717) is 5.41 Å². The number of aromatic amines is 1. The fourth-order valence-corrected chi connectivity index (χ4v) is 6.05. The highest BCUT2D eigenvalue weighted by Crippen LogP contribution is 2.45. The van der Waals surface area contributed by atoms with Crippen LogP contribution in [0.25, 0.3) is 5.57 Å². The summed E-state index contributed by atoms with van der Waals surface area (Å²) in [6.07, 6.45) is 13.7. The van der Waals surface area contributed by atoms with Gasteiger partial charge in [-0.05, 0) is 80.7 Å². The average Bonchev–Trinajstić information content (AvgIpc) is 3.67. The third-order valence-corrected chi connectivity index (χ3v) is 8.42. The number of imidazole rings is 1. The lowest BCUT2D eigenvalue weighted by Gasteiger charge is -2.33. The molecule has 2 aromatic rings. The molecule has 37 heavy (non-hydrogen) atoms. The molecule has 0 unspecified atom stereocenters. The van der Waals surface area contributed by atoms with Crippen LogP contribution < -0.4 is 5.32 Å². The highest BCUT2D eigenvalue weighted by molar-refractivity contribution is 6.03. The highest BCUT2D eigenvalue weighted by atomic mass is 16.5. The number of likely N-dealkylation sites (tertiary alicyclic amines) is 1. The van der Waals surface area contributed by atoms with Crippen molar-refractivity contribution in [1.82, 2.24) is 14.9 Å². The standard InChI is InChI=1S/C30H39N5O2/c1-29(2)13-9-22(10-14-29)25-8-7-23(19-26(25)34-28(36)27-32-21-24(20-31)33-27)30(11-3-4-12-30)37-18-17-35-15-5-6-16-35/h7-9,19,21H,3-6,10-18H2,1-2H3,(H,32,33)(H,34,36). The van der Waals surface area contributed by atoms with E-state index >= 15 is 0 Å². The summed E-state index contributed by atoms with van der Waals surface area (Å²) in [6.45, 7) is 8.66. The first kappa shape index (κ1) is 25.7. The minimum absolute atomic E-state index is 0.143. The van der Waals surface area contributed by atoms with Crippen LogP contribution in [0.5, 0.6) is 0 Å². The summed E-state index contributed by atoms with van der Waals surface area (Å²) in [5.41, 5.74) is 4.52. The number of anilines is 1. The Morgan fingerprint density at radius 2 is 1.97 bits per heavy atom. The van der Waals surface area contributed by atoms with Crippen LogP contribution in [0.3, 0.4) is 0 Å². The third kappa shape index (κ3) is 5.81. The van der Waals surface area contributed by atoms with E-state index in [4.69, 9.17) is 10.00 Å². The molecule has 0 radical (unpaired) electrons. The van der Waals surface area contributed by atoms with Gasteiger partial charge in [0.15, 0.2) is 5.82 Å². The maximum absolute atomic E-state index is 13.1. The van der Waals surface area contributed by atoms with Gasteiger partial charge in [-0.2, -0.15) is 5.26 Å². The molecule has 3 aliphatic rings. The summed E-state index contributed by atoms with van der Waals surface area (Å²) in [5, 5.41) is 12.2. The number of H-pyrrole nitrogens is 1. The molecule has 1 saturated heterocycles. The van der Waals surface area contributed by atoms with Crippen LogP contribution >= 0.6 is 0 Å². The fourth-order valence-electron chi connectivity index (χ4n) is 6.05. The Kier molecular flexibility index (Phi) is 7.50. The summed E-state index contributed by atoms with van der Waals surface area (Å²) in [5.74, 6) is -0.198. The largest absolute Gasteiger partial charge is 0.369 e. The quantitative estimate of drug-likeness (QED) is 0.462. The van der Waals surface area contributed by atoms with Gasteiger partial charge in [0.05, 0.1) is 18.4 Å². The SMILES string of the molecule is CC1(C)CC=C(c2ccc(C3(OCCN4CCCC4)CCCC3)cc2NC(=O)c2ncc(C#N)[nH]2)CC1. The molecule has 196 valence electrons. The van der Waals surface area contributed by atoms with Crippen molar-refractivity contribution >= 4 is 17.2 Å². The second-order valence-electron chi connectivity index (χ2n) is 11.7. The normalized spacial score (nSPS) is 20.9. The lowest BCUT2D eigenvalue weighted by atomic mass is 9.76. The molecular formula is C30H39N5O2. The van der Waals surface area contributed by atoms with Gasteiger partial charge in [-0.25, -0.2) is 4.98 Å². The first-order chi connectivity index (χ1) is 17.9. The van der Waals surface area contributed by atoms with Crippen LogP contribution in [0, 0.1) is 16.7 Å². The van der Waals surface area contributed by atoms with Crippen LogP contribution in [0.1, 0.15) is 99.1 Å². The molecular weight excluding hydrogens is 462 g/mol. The number of aromatic nitrogens is 2. The molecule has 2 aliphatic carbocycles. The van der Waals surface area contributed by atoms with Crippen molar-refractivity contribution in [2.45, 2.75) is 77.2 Å². The van der Waals surface area contributed by atoms with E-state index in [1.54, 1.807) is 0 Å². The molecule has 1 saturated carbocycles. The molecule has 2 heterocycles. The third-order valence-electron chi connectivity index (χ3n) is 8.42. The molecule has 7 heteroatoms. The van der Waals surface area contributed by atoms with Gasteiger partial charge in [0.2, 0.25) is 0 Å². The van der Waals surface area contributed by atoms with Crippen molar-refractivity contribution in [2.75, 3.05) is 31.6 Å². The van der Waals surface area contributed by atoms with E-state index in [0.717, 1.165) is 74.9 Å². The zero-order valence-electron chi connectivity index (χ0n) is 22.2. The summed E-state index contributed by atoms with van der Waals surface area (Å²) < 4.78 is 6.69. The Morgan fingerprint density at radius 1 is 1.19 bits per heavy atom. The Bertz CT molecular complexity index is 1190. The summed E-state index contributed by atoms with van der Waals surface area (Å²) in [7, 11) is 0. The number of ether oxygens (including phenoxy) is 1. The number of carbonyl (C=O) groups is 1. The van der Waals surface area contributed by atoms with Gasteiger partial charge in [-0.3, -0.25) is 4.79 Å². The molecule has 0 spiro atoms. The van der Waals surface area contributed by atoms with Gasteiger partial charge in [0, 0.05) is 17.8 Å². The molecule has 1 aromatic carbocycles. The van der Waals surface area contributed by atoms with Crippen LogP contribution in [0.4, 0.5) is 5.69 Å². The molecule has 2 fully saturated rings. The van der Waals surface area contributed by atoms with Crippen LogP contribution in [-0.4, -0.2) is 47.0 Å². The summed E-state index contributed by atoms with van der Waals surface area (Å²) >= 11 is 0. The monoisotopic (exact) mass is 501 g/mol. The Morgan fingerprint density at radius 3 is 2.65 bits per heavy atom. The summed E-state index contributed by atoms with van der Waals surface area (Å²) in [4.78, 5) is 22.5. The number of nitrogens with zero attached hydrogens (tertiary/aromatic N) is 3. The van der Waals surface area contributed by atoms with Crippen molar-refractivity contribution in [2.24, 2.45) is 5.41 Å². The number of hydrogen-bond donors (Lipinski definition) is 2.